The molecule has 1 aromatic carbocycles. The van der Waals surface area contributed by atoms with E-state index in [0.29, 0.717) is 22.5 Å². The quantitative estimate of drug-likeness (QED) is 0.628. The maximum absolute atomic E-state index is 11.7. The number of benzene rings is 1. The van der Waals surface area contributed by atoms with Crippen molar-refractivity contribution in [2.24, 2.45) is 0 Å². The molecule has 7 heteroatoms. The molecule has 0 fully saturated rings. The van der Waals surface area contributed by atoms with Gasteiger partial charge in [-0.2, -0.15) is 15.6 Å². The zero-order chi connectivity index (χ0) is 13.8. The molecule has 96 valence electrons. The summed E-state index contributed by atoms with van der Waals surface area (Å²) in [7, 11) is 0. The summed E-state index contributed by atoms with van der Waals surface area (Å²) in [5.74, 6) is -0.568. The zero-order valence-corrected chi connectivity index (χ0v) is 10.2. The first-order valence-electron chi connectivity index (χ1n) is 5.55. The number of aromatic nitrogens is 3. The molecular weight excluding hydrogens is 246 g/mol. The average Bonchev–Trinajstić information content (AvgIpc) is 2.89. The van der Waals surface area contributed by atoms with Gasteiger partial charge in [0.1, 0.15) is 11.8 Å². The molecule has 3 N–H and O–H groups in total. The molecule has 0 bridgehead atoms. The van der Waals surface area contributed by atoms with Gasteiger partial charge in [-0.05, 0) is 19.1 Å². The number of esters is 1. The molecule has 0 atom stereocenters. The van der Waals surface area contributed by atoms with Gasteiger partial charge in [0.05, 0.1) is 12.2 Å². The summed E-state index contributed by atoms with van der Waals surface area (Å²) in [4.78, 5) is 11.7. The highest BCUT2D eigenvalue weighted by atomic mass is 16.5. The number of nitrogens with two attached hydrogens (primary N) is 1. The van der Waals surface area contributed by atoms with Gasteiger partial charge in [0.15, 0.2) is 5.69 Å². The number of rotatable bonds is 3. The number of nitrogens with one attached hydrogen (secondary N) is 1. The number of carbonyl (C=O) groups is 1. The Morgan fingerprint density at radius 1 is 1.53 bits per heavy atom. The Bertz CT molecular complexity index is 656. The Morgan fingerprint density at radius 2 is 2.32 bits per heavy atom. The van der Waals surface area contributed by atoms with Gasteiger partial charge in [-0.25, -0.2) is 4.79 Å². The molecule has 2 aromatic rings. The van der Waals surface area contributed by atoms with Crippen molar-refractivity contribution in [3.63, 3.8) is 0 Å². The molecule has 0 aliphatic heterocycles. The van der Waals surface area contributed by atoms with E-state index in [1.165, 1.54) is 0 Å². The van der Waals surface area contributed by atoms with Gasteiger partial charge in [-0.1, -0.05) is 6.07 Å². The molecule has 0 saturated carbocycles. The highest BCUT2D eigenvalue weighted by Gasteiger charge is 2.19. The minimum Gasteiger partial charge on any atom is -0.461 e. The van der Waals surface area contributed by atoms with E-state index >= 15 is 0 Å². The molecule has 2 rings (SSSR count). The number of hydrogen-bond acceptors (Lipinski definition) is 6. The number of nitrogens with zero attached hydrogens (tertiary/aromatic N) is 3. The summed E-state index contributed by atoms with van der Waals surface area (Å²) in [5.41, 5.74) is 7.30. The van der Waals surface area contributed by atoms with E-state index in [-0.39, 0.29) is 12.3 Å². The average molecular weight is 257 g/mol. The topological polar surface area (TPSA) is 118 Å². The van der Waals surface area contributed by atoms with E-state index in [1.807, 2.05) is 6.07 Å². The van der Waals surface area contributed by atoms with Crippen LogP contribution in [-0.4, -0.2) is 28.0 Å². The fraction of sp³-hybridized carbons (Fsp3) is 0.167. The summed E-state index contributed by atoms with van der Waals surface area (Å²) >= 11 is 0. The van der Waals surface area contributed by atoms with Gasteiger partial charge in [-0.3, -0.25) is 0 Å². The standard InChI is InChI=1S/C12H11N5O2/c1-2-19-12(18)11-10(15-17-16-11)7-3-4-9(14)8(5-7)6-13/h3-5H,2,14H2,1H3,(H,15,16,17). The molecule has 0 radical (unpaired) electrons. The number of anilines is 1. The van der Waals surface area contributed by atoms with E-state index in [1.54, 1.807) is 25.1 Å². The van der Waals surface area contributed by atoms with Crippen LogP contribution < -0.4 is 5.73 Å². The van der Waals surface area contributed by atoms with Crippen LogP contribution in [0, 0.1) is 11.3 Å². The van der Waals surface area contributed by atoms with Gasteiger partial charge in [-0.15, -0.1) is 5.10 Å². The number of nitriles is 1. The lowest BCUT2D eigenvalue weighted by Crippen LogP contribution is -2.06. The van der Waals surface area contributed by atoms with Crippen LogP contribution in [0.2, 0.25) is 0 Å². The Morgan fingerprint density at radius 3 is 3.00 bits per heavy atom. The Kier molecular flexibility index (Phi) is 3.43. The minimum atomic E-state index is -0.568. The van der Waals surface area contributed by atoms with Crippen molar-refractivity contribution in [3.05, 3.63) is 29.5 Å². The summed E-state index contributed by atoms with van der Waals surface area (Å²) in [6, 6.07) is 6.77. The van der Waals surface area contributed by atoms with Crippen molar-refractivity contribution < 1.29 is 9.53 Å². The van der Waals surface area contributed by atoms with Crippen molar-refractivity contribution in [3.8, 4) is 17.3 Å². The lowest BCUT2D eigenvalue weighted by Gasteiger charge is -2.03. The van der Waals surface area contributed by atoms with E-state index < -0.39 is 5.97 Å². The molecular formula is C12H11N5O2. The van der Waals surface area contributed by atoms with Crippen LogP contribution in [0.25, 0.3) is 11.3 Å². The van der Waals surface area contributed by atoms with Crippen LogP contribution in [0.1, 0.15) is 23.0 Å². The van der Waals surface area contributed by atoms with Gasteiger partial charge >= 0.3 is 5.97 Å². The third kappa shape index (κ3) is 2.37. The lowest BCUT2D eigenvalue weighted by molar-refractivity contribution is 0.0520. The monoisotopic (exact) mass is 257 g/mol. The zero-order valence-electron chi connectivity index (χ0n) is 10.2. The number of carbonyl (C=O) groups excluding carboxylic acids is 1. The molecule has 0 aliphatic carbocycles. The van der Waals surface area contributed by atoms with Crippen LogP contribution in [0.3, 0.4) is 0 Å². The predicted octanol–water partition coefficient (Wildman–Crippen LogP) is 1.10. The highest BCUT2D eigenvalue weighted by molar-refractivity contribution is 5.94. The SMILES string of the molecule is CCOC(=O)c1n[nH]nc1-c1ccc(N)c(C#N)c1. The second-order valence-corrected chi connectivity index (χ2v) is 3.66. The largest absolute Gasteiger partial charge is 0.461 e. The molecule has 0 aliphatic rings. The van der Waals surface area contributed by atoms with E-state index in [0.717, 1.165) is 0 Å². The van der Waals surface area contributed by atoms with Gasteiger partial charge in [0, 0.05) is 11.3 Å². The van der Waals surface area contributed by atoms with Gasteiger partial charge in [0.25, 0.3) is 0 Å². The molecule has 1 heterocycles. The summed E-state index contributed by atoms with van der Waals surface area (Å²) in [6.07, 6.45) is 0. The number of hydrogen-bond donors (Lipinski definition) is 2. The first-order valence-corrected chi connectivity index (χ1v) is 5.55. The summed E-state index contributed by atoms with van der Waals surface area (Å²) < 4.78 is 4.88. The fourth-order valence-electron chi connectivity index (χ4n) is 1.57. The summed E-state index contributed by atoms with van der Waals surface area (Å²) in [5, 5.41) is 19.0. The smallest absolute Gasteiger partial charge is 0.361 e. The maximum Gasteiger partial charge on any atom is 0.361 e. The van der Waals surface area contributed by atoms with Crippen molar-refractivity contribution >= 4 is 11.7 Å². The number of nitrogen functional groups attached to an aromatic ring is 1. The number of ether oxygens (including phenoxy) is 1. The molecule has 0 amide bonds. The number of aromatic amines is 1. The van der Waals surface area contributed by atoms with Crippen molar-refractivity contribution in [1.82, 2.24) is 15.4 Å². The Hall–Kier alpha value is -2.88. The van der Waals surface area contributed by atoms with Gasteiger partial charge in [0.2, 0.25) is 0 Å². The van der Waals surface area contributed by atoms with Gasteiger partial charge < -0.3 is 10.5 Å². The van der Waals surface area contributed by atoms with Crippen LogP contribution >= 0.6 is 0 Å². The first kappa shape index (κ1) is 12.6. The third-order valence-electron chi connectivity index (χ3n) is 2.46. The van der Waals surface area contributed by atoms with Crippen molar-refractivity contribution in [2.45, 2.75) is 6.92 Å². The molecule has 19 heavy (non-hydrogen) atoms. The molecule has 0 unspecified atom stereocenters. The van der Waals surface area contributed by atoms with Crippen LogP contribution in [0.4, 0.5) is 5.69 Å². The molecule has 1 aromatic heterocycles. The molecule has 7 nitrogen and oxygen atoms in total. The summed E-state index contributed by atoms with van der Waals surface area (Å²) in [6.45, 7) is 1.95. The van der Waals surface area contributed by atoms with Crippen LogP contribution in [-0.2, 0) is 4.74 Å². The van der Waals surface area contributed by atoms with E-state index in [4.69, 9.17) is 15.7 Å². The predicted molar refractivity (Wildman–Crippen MR) is 66.9 cm³/mol. The third-order valence-corrected chi connectivity index (χ3v) is 2.46. The maximum atomic E-state index is 11.7. The second kappa shape index (κ2) is 5.18. The lowest BCUT2D eigenvalue weighted by atomic mass is 10.1. The van der Waals surface area contributed by atoms with E-state index in [9.17, 15) is 4.79 Å². The fourth-order valence-corrected chi connectivity index (χ4v) is 1.57. The molecule has 0 spiro atoms. The van der Waals surface area contributed by atoms with Crippen molar-refractivity contribution in [1.29, 1.82) is 5.26 Å². The molecule has 0 saturated heterocycles. The second-order valence-electron chi connectivity index (χ2n) is 3.66. The van der Waals surface area contributed by atoms with Crippen LogP contribution in [0.15, 0.2) is 18.2 Å². The normalized spacial score (nSPS) is 9.89. The van der Waals surface area contributed by atoms with Crippen LogP contribution in [0.5, 0.6) is 0 Å². The Labute approximate surface area is 109 Å². The van der Waals surface area contributed by atoms with E-state index in [2.05, 4.69) is 15.4 Å². The van der Waals surface area contributed by atoms with Crippen molar-refractivity contribution in [2.75, 3.05) is 12.3 Å². The Balaban J connectivity index is 2.46. The minimum absolute atomic E-state index is 0.0792. The highest BCUT2D eigenvalue weighted by Crippen LogP contribution is 2.24. The first-order chi connectivity index (χ1) is 9.17. The number of H-pyrrole nitrogens is 1.